The van der Waals surface area contributed by atoms with Crippen LogP contribution >= 0.6 is 0 Å². The van der Waals surface area contributed by atoms with Crippen LogP contribution in [0.4, 0.5) is 0 Å². The lowest BCUT2D eigenvalue weighted by molar-refractivity contribution is -0.130. The average Bonchev–Trinajstić information content (AvgIpc) is 3.12. The van der Waals surface area contributed by atoms with Crippen LogP contribution in [-0.2, 0) is 11.3 Å². The lowest BCUT2D eigenvalue weighted by Crippen LogP contribution is -2.35. The van der Waals surface area contributed by atoms with E-state index in [1.165, 1.54) is 0 Å². The third-order valence-corrected chi connectivity index (χ3v) is 5.04. The molecule has 1 unspecified atom stereocenters. The van der Waals surface area contributed by atoms with E-state index in [0.717, 1.165) is 16.6 Å². The molecular weight excluding hydrogens is 388 g/mol. The van der Waals surface area contributed by atoms with Crippen molar-refractivity contribution in [2.45, 2.75) is 26.4 Å². The van der Waals surface area contributed by atoms with E-state index in [1.54, 1.807) is 23.1 Å². The van der Waals surface area contributed by atoms with Crippen LogP contribution in [0.5, 0.6) is 0 Å². The largest absolute Gasteiger partial charge is 0.342 e. The van der Waals surface area contributed by atoms with Gasteiger partial charge in [0.2, 0.25) is 5.91 Å². The summed E-state index contributed by atoms with van der Waals surface area (Å²) < 4.78 is 1.87. The Hall–Kier alpha value is -3.67. The van der Waals surface area contributed by atoms with Crippen LogP contribution in [0.3, 0.4) is 0 Å². The molecule has 31 heavy (non-hydrogen) atoms. The number of hydrogen-bond acceptors (Lipinski definition) is 3. The van der Waals surface area contributed by atoms with Crippen molar-refractivity contribution in [2.24, 2.45) is 0 Å². The number of benzene rings is 2. The van der Waals surface area contributed by atoms with Gasteiger partial charge in [-0.3, -0.25) is 9.59 Å². The smallest absolute Gasteiger partial charge is 0.251 e. The summed E-state index contributed by atoms with van der Waals surface area (Å²) in [4.78, 5) is 32.1. The molecule has 0 fully saturated rings. The highest BCUT2D eigenvalue weighted by Crippen LogP contribution is 2.21. The van der Waals surface area contributed by atoms with Gasteiger partial charge >= 0.3 is 0 Å². The molecule has 1 heterocycles. The average molecular weight is 417 g/mol. The van der Waals surface area contributed by atoms with Gasteiger partial charge in [-0.15, -0.1) is 13.2 Å². The van der Waals surface area contributed by atoms with Gasteiger partial charge in [0, 0.05) is 18.7 Å². The molecule has 6 nitrogen and oxygen atoms in total. The Morgan fingerprint density at radius 2 is 1.84 bits per heavy atom. The number of imidazole rings is 1. The van der Waals surface area contributed by atoms with Gasteiger partial charge in [0.05, 0.1) is 17.1 Å². The van der Waals surface area contributed by atoms with E-state index < -0.39 is 0 Å². The highest BCUT2D eigenvalue weighted by atomic mass is 16.2. The molecular formula is C25H28N4O2. The van der Waals surface area contributed by atoms with Gasteiger partial charge in [-0.25, -0.2) is 4.98 Å². The van der Waals surface area contributed by atoms with Crippen molar-refractivity contribution < 1.29 is 9.59 Å². The number of nitrogens with one attached hydrogen (secondary N) is 1. The molecule has 0 aliphatic heterocycles. The van der Waals surface area contributed by atoms with E-state index in [9.17, 15) is 9.59 Å². The maximum atomic E-state index is 13.0. The fraction of sp³-hybridized carbons (Fsp3) is 0.240. The maximum absolute atomic E-state index is 13.0. The molecule has 1 atom stereocenters. The summed E-state index contributed by atoms with van der Waals surface area (Å²) in [6.45, 7) is 12.3. The minimum atomic E-state index is -0.388. The molecule has 0 spiro atoms. The van der Waals surface area contributed by atoms with Crippen molar-refractivity contribution in [1.82, 2.24) is 19.8 Å². The van der Waals surface area contributed by atoms with Gasteiger partial charge in [-0.1, -0.05) is 42.0 Å². The fourth-order valence-electron chi connectivity index (χ4n) is 3.55. The predicted molar refractivity (Wildman–Crippen MR) is 124 cm³/mol. The highest BCUT2D eigenvalue weighted by Gasteiger charge is 2.22. The van der Waals surface area contributed by atoms with E-state index in [-0.39, 0.29) is 24.4 Å². The van der Waals surface area contributed by atoms with Crippen molar-refractivity contribution in [3.05, 3.63) is 90.8 Å². The van der Waals surface area contributed by atoms with Crippen LogP contribution < -0.4 is 5.32 Å². The zero-order valence-electron chi connectivity index (χ0n) is 18.0. The molecule has 3 rings (SSSR count). The molecule has 160 valence electrons. The summed E-state index contributed by atoms with van der Waals surface area (Å²) >= 11 is 0. The number of amides is 2. The van der Waals surface area contributed by atoms with Crippen molar-refractivity contribution in [2.75, 3.05) is 13.1 Å². The Kier molecular flexibility index (Phi) is 7.03. The van der Waals surface area contributed by atoms with Gasteiger partial charge in [0.25, 0.3) is 5.91 Å². The Bertz CT molecular complexity index is 1110. The van der Waals surface area contributed by atoms with Gasteiger partial charge in [-0.05, 0) is 38.1 Å². The third-order valence-electron chi connectivity index (χ3n) is 5.04. The van der Waals surface area contributed by atoms with E-state index >= 15 is 0 Å². The number of aromatic nitrogens is 2. The Balaban J connectivity index is 1.91. The SMILES string of the molecule is C=CCN(CC=C)C(=O)Cn1c(C(C)NC(=O)c2cccc(C)c2)nc2ccccc21. The van der Waals surface area contributed by atoms with Gasteiger partial charge in [-0.2, -0.15) is 0 Å². The second-order valence-electron chi connectivity index (χ2n) is 7.49. The second kappa shape index (κ2) is 9.89. The molecule has 0 saturated heterocycles. The number of fused-ring (bicyclic) bond motifs is 1. The van der Waals surface area contributed by atoms with E-state index in [1.807, 2.05) is 60.9 Å². The lowest BCUT2D eigenvalue weighted by Gasteiger charge is -2.22. The van der Waals surface area contributed by atoms with Gasteiger partial charge in [0.15, 0.2) is 0 Å². The molecule has 3 aromatic rings. The Morgan fingerprint density at radius 3 is 2.52 bits per heavy atom. The number of aryl methyl sites for hydroxylation is 1. The molecule has 1 N–H and O–H groups in total. The minimum Gasteiger partial charge on any atom is -0.342 e. The predicted octanol–water partition coefficient (Wildman–Crippen LogP) is 4.04. The number of nitrogens with zero attached hydrogens (tertiary/aromatic N) is 3. The zero-order chi connectivity index (χ0) is 22.4. The Labute approximate surface area is 182 Å². The fourth-order valence-corrected chi connectivity index (χ4v) is 3.55. The Morgan fingerprint density at radius 1 is 1.13 bits per heavy atom. The van der Waals surface area contributed by atoms with Crippen LogP contribution in [0, 0.1) is 6.92 Å². The lowest BCUT2D eigenvalue weighted by atomic mass is 10.1. The molecule has 0 radical (unpaired) electrons. The van der Waals surface area contributed by atoms with E-state index in [2.05, 4.69) is 18.5 Å². The summed E-state index contributed by atoms with van der Waals surface area (Å²) in [5, 5.41) is 3.01. The first-order chi connectivity index (χ1) is 14.9. The summed E-state index contributed by atoms with van der Waals surface area (Å²) in [6.07, 6.45) is 3.39. The summed E-state index contributed by atoms with van der Waals surface area (Å²) in [5.41, 5.74) is 3.23. The molecule has 1 aromatic heterocycles. The zero-order valence-corrected chi connectivity index (χ0v) is 18.0. The number of carbonyl (C=O) groups excluding carboxylic acids is 2. The molecule has 6 heteroatoms. The van der Waals surface area contributed by atoms with E-state index in [0.29, 0.717) is 24.5 Å². The van der Waals surface area contributed by atoms with Crippen molar-refractivity contribution in [1.29, 1.82) is 0 Å². The van der Waals surface area contributed by atoms with Crippen LogP contribution in [0.1, 0.15) is 34.7 Å². The normalized spacial score (nSPS) is 11.7. The number of rotatable bonds is 9. The number of carbonyl (C=O) groups is 2. The molecule has 0 saturated carbocycles. The van der Waals surface area contributed by atoms with Crippen LogP contribution in [0.15, 0.2) is 73.8 Å². The maximum Gasteiger partial charge on any atom is 0.251 e. The molecule has 0 aliphatic rings. The highest BCUT2D eigenvalue weighted by molar-refractivity contribution is 5.94. The summed E-state index contributed by atoms with van der Waals surface area (Å²) in [6, 6.07) is 14.7. The van der Waals surface area contributed by atoms with Crippen LogP contribution in [0.25, 0.3) is 11.0 Å². The summed E-state index contributed by atoms with van der Waals surface area (Å²) in [5.74, 6) is 0.384. The molecule has 0 aliphatic carbocycles. The van der Waals surface area contributed by atoms with E-state index in [4.69, 9.17) is 4.98 Å². The van der Waals surface area contributed by atoms with Crippen LogP contribution in [-0.4, -0.2) is 39.4 Å². The van der Waals surface area contributed by atoms with Gasteiger partial charge in [0.1, 0.15) is 12.4 Å². The van der Waals surface area contributed by atoms with Crippen molar-refractivity contribution in [3.8, 4) is 0 Å². The first-order valence-corrected chi connectivity index (χ1v) is 10.3. The first kappa shape index (κ1) is 22.0. The summed E-state index contributed by atoms with van der Waals surface area (Å²) in [7, 11) is 0. The monoisotopic (exact) mass is 416 g/mol. The van der Waals surface area contributed by atoms with Crippen LogP contribution in [0.2, 0.25) is 0 Å². The number of para-hydroxylation sites is 2. The molecule has 0 bridgehead atoms. The molecule has 2 amide bonds. The standard InChI is InChI=1S/C25H28N4O2/c1-5-14-28(15-6-2)23(30)17-29-22-13-8-7-12-21(22)27-24(29)19(4)26-25(31)20-11-9-10-18(3)16-20/h5-13,16,19H,1-2,14-15,17H2,3-4H3,(H,26,31). The topological polar surface area (TPSA) is 67.2 Å². The quantitative estimate of drug-likeness (QED) is 0.536. The van der Waals surface area contributed by atoms with Gasteiger partial charge < -0.3 is 14.8 Å². The minimum absolute atomic E-state index is 0.0681. The second-order valence-corrected chi connectivity index (χ2v) is 7.49. The third kappa shape index (κ3) is 5.09. The van der Waals surface area contributed by atoms with Crippen molar-refractivity contribution >= 4 is 22.8 Å². The first-order valence-electron chi connectivity index (χ1n) is 10.3. The number of hydrogen-bond donors (Lipinski definition) is 1. The molecule has 2 aromatic carbocycles. The van der Waals surface area contributed by atoms with Crippen molar-refractivity contribution in [3.63, 3.8) is 0 Å².